The highest BCUT2D eigenvalue weighted by Crippen LogP contribution is 2.25. The molecule has 2 amide bonds. The molecule has 0 saturated carbocycles. The van der Waals surface area contributed by atoms with Crippen LogP contribution in [-0.4, -0.2) is 34.9 Å². The fourth-order valence-electron chi connectivity index (χ4n) is 1.10. The normalized spacial score (nSPS) is 11.7. The van der Waals surface area contributed by atoms with E-state index >= 15 is 0 Å². The summed E-state index contributed by atoms with van der Waals surface area (Å²) in [6.45, 7) is -0.716. The maximum absolute atomic E-state index is 11.5. The van der Waals surface area contributed by atoms with Crippen molar-refractivity contribution >= 4 is 40.9 Å². The average molecular weight is 293 g/mol. The van der Waals surface area contributed by atoms with Crippen molar-refractivity contribution in [2.24, 2.45) is 0 Å². The Hall–Kier alpha value is -1.50. The van der Waals surface area contributed by atoms with E-state index in [-0.39, 0.29) is 10.7 Å². The topological polar surface area (TPSA) is 98.7 Å². The first-order chi connectivity index (χ1) is 8.43. The van der Waals surface area contributed by atoms with E-state index in [1.807, 2.05) is 0 Å². The quantitative estimate of drug-likeness (QED) is 0.677. The van der Waals surface area contributed by atoms with E-state index in [0.29, 0.717) is 5.02 Å². The Morgan fingerprint density at radius 3 is 2.56 bits per heavy atom. The van der Waals surface area contributed by atoms with Gasteiger partial charge in [0, 0.05) is 5.02 Å². The summed E-state index contributed by atoms with van der Waals surface area (Å²) in [5.74, 6) is -1.34. The molecule has 0 spiro atoms. The second-order valence-corrected chi connectivity index (χ2v) is 4.14. The third kappa shape index (κ3) is 4.06. The van der Waals surface area contributed by atoms with Crippen molar-refractivity contribution in [1.29, 1.82) is 0 Å². The van der Waals surface area contributed by atoms with Crippen molar-refractivity contribution in [2.75, 3.05) is 11.9 Å². The monoisotopic (exact) mass is 292 g/mol. The fraction of sp³-hybridized carbons (Fsp3) is 0.200. The molecule has 0 bridgehead atoms. The van der Waals surface area contributed by atoms with Crippen LogP contribution in [0.25, 0.3) is 0 Å². The van der Waals surface area contributed by atoms with E-state index in [2.05, 4.69) is 10.6 Å². The number of carboxylic acid groups (broad SMARTS) is 1. The van der Waals surface area contributed by atoms with Gasteiger partial charge in [-0.3, -0.25) is 0 Å². The lowest BCUT2D eigenvalue weighted by Gasteiger charge is -2.13. The van der Waals surface area contributed by atoms with Gasteiger partial charge in [0.1, 0.15) is 0 Å². The zero-order valence-electron chi connectivity index (χ0n) is 8.98. The molecule has 0 radical (unpaired) electrons. The standard InChI is InChI=1S/C10H10Cl2N2O4/c11-5-1-2-6(12)7(3-5)13-10(18)14-8(4-15)9(16)17/h1-3,8,15H,4H2,(H,16,17)(H2,13,14,18). The number of aliphatic carboxylic acids is 1. The third-order valence-corrected chi connectivity index (χ3v) is 2.53. The second kappa shape index (κ2) is 6.44. The lowest BCUT2D eigenvalue weighted by atomic mass is 10.3. The van der Waals surface area contributed by atoms with Crippen LogP contribution in [-0.2, 0) is 4.79 Å². The molecule has 0 aliphatic carbocycles. The van der Waals surface area contributed by atoms with Crippen LogP contribution in [0, 0.1) is 0 Å². The summed E-state index contributed by atoms with van der Waals surface area (Å²) in [4.78, 5) is 22.0. The number of hydrogen-bond acceptors (Lipinski definition) is 3. The zero-order chi connectivity index (χ0) is 13.7. The highest BCUT2D eigenvalue weighted by molar-refractivity contribution is 6.35. The van der Waals surface area contributed by atoms with Gasteiger partial charge < -0.3 is 20.8 Å². The van der Waals surface area contributed by atoms with Gasteiger partial charge in [0.05, 0.1) is 17.3 Å². The predicted octanol–water partition coefficient (Wildman–Crippen LogP) is 1.56. The summed E-state index contributed by atoms with van der Waals surface area (Å²) in [6, 6.07) is 2.25. The van der Waals surface area contributed by atoms with Gasteiger partial charge >= 0.3 is 12.0 Å². The van der Waals surface area contributed by atoms with E-state index in [0.717, 1.165) is 0 Å². The number of hydrogen-bond donors (Lipinski definition) is 4. The number of nitrogens with one attached hydrogen (secondary N) is 2. The number of urea groups is 1. The van der Waals surface area contributed by atoms with E-state index < -0.39 is 24.6 Å². The molecule has 4 N–H and O–H groups in total. The predicted molar refractivity (Wildman–Crippen MR) is 67.1 cm³/mol. The highest BCUT2D eigenvalue weighted by atomic mass is 35.5. The second-order valence-electron chi connectivity index (χ2n) is 3.30. The smallest absolute Gasteiger partial charge is 0.328 e. The molecule has 18 heavy (non-hydrogen) atoms. The molecule has 1 aromatic carbocycles. The summed E-state index contributed by atoms with van der Waals surface area (Å²) in [7, 11) is 0. The Morgan fingerprint density at radius 1 is 1.33 bits per heavy atom. The number of benzene rings is 1. The lowest BCUT2D eigenvalue weighted by molar-refractivity contribution is -0.140. The molecule has 0 saturated heterocycles. The molecule has 0 fully saturated rings. The molecule has 1 atom stereocenters. The van der Waals surface area contributed by atoms with Crippen molar-refractivity contribution < 1.29 is 19.8 Å². The summed E-state index contributed by atoms with van der Waals surface area (Å²) >= 11 is 11.5. The van der Waals surface area contributed by atoms with Gasteiger partial charge in [-0.1, -0.05) is 23.2 Å². The number of carboxylic acids is 1. The van der Waals surface area contributed by atoms with Gasteiger partial charge in [0.15, 0.2) is 6.04 Å². The number of anilines is 1. The molecular formula is C10H10Cl2N2O4. The van der Waals surface area contributed by atoms with Crippen LogP contribution >= 0.6 is 23.2 Å². The number of carbonyl (C=O) groups excluding carboxylic acids is 1. The largest absolute Gasteiger partial charge is 0.480 e. The Balaban J connectivity index is 2.70. The Bertz CT molecular complexity index is 467. The summed E-state index contributed by atoms with van der Waals surface area (Å²) in [6.07, 6.45) is 0. The van der Waals surface area contributed by atoms with E-state index in [9.17, 15) is 9.59 Å². The van der Waals surface area contributed by atoms with E-state index in [1.165, 1.54) is 12.1 Å². The van der Waals surface area contributed by atoms with Crippen molar-refractivity contribution in [1.82, 2.24) is 5.32 Å². The van der Waals surface area contributed by atoms with Gasteiger partial charge in [-0.2, -0.15) is 0 Å². The Kier molecular flexibility index (Phi) is 5.21. The van der Waals surface area contributed by atoms with Gasteiger partial charge in [0.2, 0.25) is 0 Å². The van der Waals surface area contributed by atoms with Gasteiger partial charge in [0.25, 0.3) is 0 Å². The maximum atomic E-state index is 11.5. The molecule has 0 aliphatic rings. The molecule has 1 aromatic rings. The lowest BCUT2D eigenvalue weighted by Crippen LogP contribution is -2.45. The minimum Gasteiger partial charge on any atom is -0.480 e. The summed E-state index contributed by atoms with van der Waals surface area (Å²) in [5.41, 5.74) is 0.240. The first-order valence-corrected chi connectivity index (χ1v) is 5.56. The summed E-state index contributed by atoms with van der Waals surface area (Å²) < 4.78 is 0. The third-order valence-electron chi connectivity index (χ3n) is 1.96. The summed E-state index contributed by atoms with van der Waals surface area (Å²) in [5, 5.41) is 22.4. The Morgan fingerprint density at radius 2 is 2.00 bits per heavy atom. The van der Waals surface area contributed by atoms with Crippen molar-refractivity contribution in [3.05, 3.63) is 28.2 Å². The minimum absolute atomic E-state index is 0.240. The number of halogens is 2. The van der Waals surface area contributed by atoms with Crippen LogP contribution in [0.5, 0.6) is 0 Å². The zero-order valence-corrected chi connectivity index (χ0v) is 10.5. The van der Waals surface area contributed by atoms with Crippen LogP contribution in [0.4, 0.5) is 10.5 Å². The molecular weight excluding hydrogens is 283 g/mol. The van der Waals surface area contributed by atoms with Crippen LogP contribution < -0.4 is 10.6 Å². The molecule has 0 aliphatic heterocycles. The van der Waals surface area contributed by atoms with Crippen LogP contribution in [0.15, 0.2) is 18.2 Å². The van der Waals surface area contributed by atoms with Crippen LogP contribution in [0.1, 0.15) is 0 Å². The van der Waals surface area contributed by atoms with Gasteiger partial charge in [-0.25, -0.2) is 9.59 Å². The van der Waals surface area contributed by atoms with E-state index in [4.69, 9.17) is 33.4 Å². The fourth-order valence-corrected chi connectivity index (χ4v) is 1.43. The molecule has 6 nitrogen and oxygen atoms in total. The number of aliphatic hydroxyl groups excluding tert-OH is 1. The highest BCUT2D eigenvalue weighted by Gasteiger charge is 2.19. The molecule has 0 aromatic heterocycles. The van der Waals surface area contributed by atoms with Crippen molar-refractivity contribution in [2.45, 2.75) is 6.04 Å². The van der Waals surface area contributed by atoms with Crippen molar-refractivity contribution in [3.63, 3.8) is 0 Å². The minimum atomic E-state index is -1.39. The van der Waals surface area contributed by atoms with E-state index in [1.54, 1.807) is 6.07 Å². The number of rotatable bonds is 4. The first kappa shape index (κ1) is 14.6. The first-order valence-electron chi connectivity index (χ1n) is 4.80. The van der Waals surface area contributed by atoms with Crippen molar-refractivity contribution in [3.8, 4) is 0 Å². The molecule has 1 rings (SSSR count). The van der Waals surface area contributed by atoms with Gasteiger partial charge in [-0.15, -0.1) is 0 Å². The SMILES string of the molecule is O=C(Nc1cc(Cl)ccc1Cl)NC(CO)C(=O)O. The number of amides is 2. The average Bonchev–Trinajstić information content (AvgIpc) is 2.30. The molecule has 8 heteroatoms. The number of aliphatic hydroxyl groups is 1. The van der Waals surface area contributed by atoms with Crippen LogP contribution in [0.3, 0.4) is 0 Å². The Labute approximate surface area is 113 Å². The number of carbonyl (C=O) groups is 2. The molecule has 1 unspecified atom stereocenters. The maximum Gasteiger partial charge on any atom is 0.328 e. The molecule has 98 valence electrons. The van der Waals surface area contributed by atoms with Gasteiger partial charge in [-0.05, 0) is 18.2 Å². The molecule has 0 heterocycles. The van der Waals surface area contributed by atoms with Crippen LogP contribution in [0.2, 0.25) is 10.0 Å².